The van der Waals surface area contributed by atoms with E-state index in [9.17, 15) is 9.59 Å². The first-order chi connectivity index (χ1) is 25.1. The molecule has 0 aliphatic rings. The highest BCUT2D eigenvalue weighted by Crippen LogP contribution is 2.31. The highest BCUT2D eigenvalue weighted by molar-refractivity contribution is 6.11. The van der Waals surface area contributed by atoms with Crippen molar-refractivity contribution in [2.24, 2.45) is 16.0 Å². The second kappa shape index (κ2) is 25.5. The monoisotopic (exact) mass is 712 g/mol. The van der Waals surface area contributed by atoms with Crippen molar-refractivity contribution in [2.75, 3.05) is 112 Å². The molecule has 0 bridgehead atoms. The number of hydrogen-bond donors (Lipinski definition) is 3. The van der Waals surface area contributed by atoms with Crippen LogP contribution in [0, 0.1) is 0 Å². The number of nitrogens with one attached hydrogen (secondary N) is 2. The third-order valence-electron chi connectivity index (χ3n) is 7.33. The molecular formula is C33H48N10O8. The van der Waals surface area contributed by atoms with Crippen molar-refractivity contribution in [3.63, 3.8) is 0 Å². The highest BCUT2D eigenvalue weighted by atomic mass is 16.5. The van der Waals surface area contributed by atoms with Crippen molar-refractivity contribution in [1.82, 2.24) is 15.2 Å². The molecule has 2 amide bonds. The van der Waals surface area contributed by atoms with Crippen LogP contribution in [-0.4, -0.2) is 128 Å². The van der Waals surface area contributed by atoms with E-state index in [2.05, 4.69) is 35.3 Å². The SMILES string of the molecule is [N-]=[N+]=NCCOCCOCCOCCNC(=O)c1ccc2c3ccc(C(=O)NCCOCCOCCOCCN=[N+]=[N-])cc3n(CCCN)c2c1. The zero-order chi connectivity index (χ0) is 36.4. The number of nitrogens with two attached hydrogens (primary N) is 1. The molecule has 2 aromatic carbocycles. The zero-order valence-corrected chi connectivity index (χ0v) is 28.9. The lowest BCUT2D eigenvalue weighted by Gasteiger charge is -2.10. The molecule has 0 saturated carbocycles. The number of hydrogen-bond acceptors (Lipinski definition) is 11. The molecule has 51 heavy (non-hydrogen) atoms. The Morgan fingerprint density at radius 2 is 1.02 bits per heavy atom. The van der Waals surface area contributed by atoms with E-state index in [1.807, 2.05) is 24.3 Å². The minimum Gasteiger partial charge on any atom is -0.379 e. The maximum absolute atomic E-state index is 13.0. The molecule has 3 rings (SSSR count). The molecule has 18 heteroatoms. The lowest BCUT2D eigenvalue weighted by atomic mass is 10.1. The van der Waals surface area contributed by atoms with E-state index < -0.39 is 0 Å². The molecule has 0 atom stereocenters. The minimum atomic E-state index is -0.216. The molecule has 278 valence electrons. The molecule has 4 N–H and O–H groups in total. The van der Waals surface area contributed by atoms with Crippen LogP contribution < -0.4 is 16.4 Å². The van der Waals surface area contributed by atoms with Gasteiger partial charge in [-0.25, -0.2) is 0 Å². The van der Waals surface area contributed by atoms with E-state index >= 15 is 0 Å². The average Bonchev–Trinajstić information content (AvgIpc) is 3.46. The summed E-state index contributed by atoms with van der Waals surface area (Å²) in [5, 5.41) is 14.5. The Balaban J connectivity index is 1.44. The van der Waals surface area contributed by atoms with Gasteiger partial charge in [-0.05, 0) is 48.3 Å². The molecule has 0 aliphatic heterocycles. The summed E-state index contributed by atoms with van der Waals surface area (Å²) in [7, 11) is 0. The third-order valence-corrected chi connectivity index (χ3v) is 7.33. The fourth-order valence-corrected chi connectivity index (χ4v) is 4.93. The molecular weight excluding hydrogens is 664 g/mol. The number of rotatable bonds is 29. The predicted molar refractivity (Wildman–Crippen MR) is 191 cm³/mol. The molecule has 0 aliphatic carbocycles. The molecule has 1 heterocycles. The Morgan fingerprint density at radius 1 is 0.627 bits per heavy atom. The fourth-order valence-electron chi connectivity index (χ4n) is 4.93. The van der Waals surface area contributed by atoms with E-state index in [-0.39, 0.29) is 24.9 Å². The first-order valence-corrected chi connectivity index (χ1v) is 16.9. The standard InChI is InChI=1S/C33H48N10O8/c34-6-1-11-43-30-24-26(32(44)37-7-12-46-16-20-50-22-18-48-14-9-39-41-35)2-4-28(30)29-5-3-27(25-31(29)43)33(45)38-8-13-47-17-21-51-23-19-49-15-10-40-42-36/h2-5,24-25H,1,6-23,34H2,(H,37,44)(H,38,45). The maximum atomic E-state index is 13.0. The van der Waals surface area contributed by atoms with Crippen LogP contribution >= 0.6 is 0 Å². The first kappa shape index (κ1) is 40.9. The van der Waals surface area contributed by atoms with E-state index in [4.69, 9.17) is 45.2 Å². The van der Waals surface area contributed by atoms with Gasteiger partial charge in [-0.15, -0.1) is 0 Å². The zero-order valence-electron chi connectivity index (χ0n) is 28.9. The highest BCUT2D eigenvalue weighted by Gasteiger charge is 2.16. The van der Waals surface area contributed by atoms with Gasteiger partial charge in [0.25, 0.3) is 11.8 Å². The lowest BCUT2D eigenvalue weighted by Crippen LogP contribution is -2.27. The molecule has 0 saturated heterocycles. The second-order valence-electron chi connectivity index (χ2n) is 10.9. The molecule has 3 aromatic rings. The molecule has 0 fully saturated rings. The largest absolute Gasteiger partial charge is 0.379 e. The Hall–Kier alpha value is -4.48. The summed E-state index contributed by atoms with van der Waals surface area (Å²) in [6.07, 6.45) is 0.725. The van der Waals surface area contributed by atoms with Crippen LogP contribution in [0.3, 0.4) is 0 Å². The molecule has 1 aromatic heterocycles. The van der Waals surface area contributed by atoms with Crippen LogP contribution in [0.15, 0.2) is 46.6 Å². The van der Waals surface area contributed by atoms with Gasteiger partial charge in [-0.1, -0.05) is 22.4 Å². The first-order valence-electron chi connectivity index (χ1n) is 16.9. The van der Waals surface area contributed by atoms with Gasteiger partial charge in [0.2, 0.25) is 0 Å². The van der Waals surface area contributed by atoms with Gasteiger partial charge < -0.3 is 49.4 Å². The molecule has 0 radical (unpaired) electrons. The van der Waals surface area contributed by atoms with Crippen LogP contribution in [0.1, 0.15) is 27.1 Å². The van der Waals surface area contributed by atoms with Gasteiger partial charge in [-0.3, -0.25) is 9.59 Å². The Morgan fingerprint density at radius 3 is 1.41 bits per heavy atom. The van der Waals surface area contributed by atoms with Crippen LogP contribution in [0.4, 0.5) is 0 Å². The van der Waals surface area contributed by atoms with Crippen molar-refractivity contribution < 1.29 is 38.0 Å². The van der Waals surface area contributed by atoms with Gasteiger partial charge in [0, 0.05) is 75.5 Å². The van der Waals surface area contributed by atoms with Crippen molar-refractivity contribution in [3.8, 4) is 0 Å². The molecule has 0 unspecified atom stereocenters. The number of amides is 2. The normalized spacial score (nSPS) is 11.0. The Bertz CT molecular complexity index is 1480. The van der Waals surface area contributed by atoms with Crippen molar-refractivity contribution in [1.29, 1.82) is 0 Å². The van der Waals surface area contributed by atoms with Crippen molar-refractivity contribution >= 4 is 33.6 Å². The third kappa shape index (κ3) is 15.1. The van der Waals surface area contributed by atoms with Crippen molar-refractivity contribution in [3.05, 3.63) is 68.4 Å². The van der Waals surface area contributed by atoms with Gasteiger partial charge in [0.1, 0.15) is 0 Å². The summed E-state index contributed by atoms with van der Waals surface area (Å²) in [4.78, 5) is 31.3. The second-order valence-corrected chi connectivity index (χ2v) is 10.9. The average molecular weight is 713 g/mol. The summed E-state index contributed by atoms with van der Waals surface area (Å²) in [5.41, 5.74) is 25.1. The Labute approximate surface area is 296 Å². The van der Waals surface area contributed by atoms with E-state index in [0.29, 0.717) is 117 Å². The van der Waals surface area contributed by atoms with Crippen molar-refractivity contribution in [2.45, 2.75) is 13.0 Å². The number of azide groups is 2. The summed E-state index contributed by atoms with van der Waals surface area (Å²) in [5.74, 6) is -0.431. The fraction of sp³-hybridized carbons (Fsp3) is 0.576. The number of aryl methyl sites for hydroxylation is 1. The topological polar surface area (TPSA) is 242 Å². The number of benzene rings is 2. The van der Waals surface area contributed by atoms with E-state index in [1.54, 1.807) is 12.1 Å². The van der Waals surface area contributed by atoms with Gasteiger partial charge in [-0.2, -0.15) is 0 Å². The summed E-state index contributed by atoms with van der Waals surface area (Å²) in [6.45, 7) is 6.93. The summed E-state index contributed by atoms with van der Waals surface area (Å²) >= 11 is 0. The number of ether oxygens (including phenoxy) is 6. The molecule has 0 spiro atoms. The van der Waals surface area contributed by atoms with Crippen LogP contribution in [-0.2, 0) is 35.0 Å². The lowest BCUT2D eigenvalue weighted by molar-refractivity contribution is 0.0166. The number of carbonyl (C=O) groups is 2. The van der Waals surface area contributed by atoms with E-state index in [1.165, 1.54) is 0 Å². The van der Waals surface area contributed by atoms with Gasteiger partial charge in [0.15, 0.2) is 0 Å². The van der Waals surface area contributed by atoms with Crippen LogP contribution in [0.2, 0.25) is 0 Å². The minimum absolute atomic E-state index is 0.216. The smallest absolute Gasteiger partial charge is 0.251 e. The van der Waals surface area contributed by atoms with Gasteiger partial charge in [0.05, 0.1) is 79.3 Å². The number of carbonyl (C=O) groups excluding carboxylic acids is 2. The number of nitrogens with zero attached hydrogens (tertiary/aromatic N) is 7. The maximum Gasteiger partial charge on any atom is 0.251 e. The number of aromatic nitrogens is 1. The van der Waals surface area contributed by atoms with E-state index in [0.717, 1.165) is 28.2 Å². The number of fused-ring (bicyclic) bond motifs is 3. The summed E-state index contributed by atoms with van der Waals surface area (Å²) in [6, 6.07) is 11.2. The Kier molecular flexibility index (Phi) is 20.4. The predicted octanol–water partition coefficient (Wildman–Crippen LogP) is 3.32. The van der Waals surface area contributed by atoms with Gasteiger partial charge >= 0.3 is 0 Å². The van der Waals surface area contributed by atoms with Crippen LogP contribution in [0.25, 0.3) is 42.7 Å². The molecule has 18 nitrogen and oxygen atoms in total. The van der Waals surface area contributed by atoms with Crippen LogP contribution in [0.5, 0.6) is 0 Å². The summed E-state index contributed by atoms with van der Waals surface area (Å²) < 4.78 is 34.6. The quantitative estimate of drug-likeness (QED) is 0.0413.